The van der Waals surface area contributed by atoms with Gasteiger partial charge in [0.05, 0.1) is 77.4 Å². The first-order valence-corrected chi connectivity index (χ1v) is 44.3. The summed E-state index contributed by atoms with van der Waals surface area (Å²) in [7, 11) is 3.15. The van der Waals surface area contributed by atoms with Gasteiger partial charge in [0.15, 0.2) is 35.4 Å². The summed E-state index contributed by atoms with van der Waals surface area (Å²) in [5.74, 6) is 5.31. The van der Waals surface area contributed by atoms with E-state index in [1.807, 2.05) is 171 Å². The molecule has 11 heterocycles. The number of phenols is 2. The Morgan fingerprint density at radius 1 is 0.450 bits per heavy atom. The van der Waals surface area contributed by atoms with Crippen LogP contribution in [-0.2, 0) is 36.8 Å². The van der Waals surface area contributed by atoms with Gasteiger partial charge in [-0.1, -0.05) is 158 Å². The summed E-state index contributed by atoms with van der Waals surface area (Å²) >= 11 is 0. The Hall–Kier alpha value is -15.0. The Balaban J connectivity index is 0.000000111. The van der Waals surface area contributed by atoms with Gasteiger partial charge >= 0.3 is 0 Å². The summed E-state index contributed by atoms with van der Waals surface area (Å²) in [6.07, 6.45) is 8.91. The number of anilines is 5. The lowest BCUT2D eigenvalue weighted by Gasteiger charge is -2.32. The number of phenolic OH excluding ortho intramolecular Hbond substituents is 2. The number of aromatic hydroxyl groups is 2. The number of aliphatic imine (C=N–C) groups is 1. The predicted octanol–water partition coefficient (Wildman–Crippen LogP) is 18.3. The van der Waals surface area contributed by atoms with E-state index >= 15 is 0 Å². The van der Waals surface area contributed by atoms with Crippen molar-refractivity contribution in [2.75, 3.05) is 59.4 Å². The normalized spacial score (nSPS) is 23.0. The fourth-order valence-electron chi connectivity index (χ4n) is 20.8. The topological polar surface area (TPSA) is 306 Å². The van der Waals surface area contributed by atoms with Crippen LogP contribution < -0.4 is 35.0 Å². The molecule has 22 rings (SSSR count). The Morgan fingerprint density at radius 2 is 0.908 bits per heavy atom. The maximum Gasteiger partial charge on any atom is 0.269 e. The number of nitro benzene ring substituents is 2. The summed E-state index contributed by atoms with van der Waals surface area (Å²) < 4.78 is 16.2. The molecule has 11 aromatic carbocycles. The monoisotopic (exact) mass is 1750 g/mol. The van der Waals surface area contributed by atoms with Gasteiger partial charge in [0.25, 0.3) is 23.2 Å². The third kappa shape index (κ3) is 17.0. The number of nitrogens with zero attached hydrogens (tertiary/aromatic N) is 11. The van der Waals surface area contributed by atoms with Gasteiger partial charge in [0.2, 0.25) is 5.91 Å². The highest BCUT2D eigenvalue weighted by atomic mass is 16.6. The molecule has 8 fully saturated rings. The van der Waals surface area contributed by atoms with Gasteiger partial charge in [-0.2, -0.15) is 0 Å². The quantitative estimate of drug-likeness (QED) is 0.0374. The van der Waals surface area contributed by atoms with E-state index in [1.165, 1.54) is 36.9 Å². The molecule has 664 valence electrons. The number of furan rings is 1. The van der Waals surface area contributed by atoms with E-state index in [4.69, 9.17) is 13.9 Å². The van der Waals surface area contributed by atoms with Crippen molar-refractivity contribution in [2.24, 2.45) is 4.99 Å². The maximum absolute atomic E-state index is 13.5. The Labute approximate surface area is 757 Å². The molecule has 4 N–H and O–H groups in total. The molecule has 0 saturated carbocycles. The van der Waals surface area contributed by atoms with Crippen molar-refractivity contribution >= 4 is 80.7 Å². The minimum absolute atomic E-state index is 0.000162. The molecule has 0 radical (unpaired) electrons. The lowest BCUT2D eigenvalue weighted by Crippen LogP contribution is -2.38. The Bertz CT molecular complexity index is 6250. The number of fused-ring (bicyclic) bond motifs is 9. The smallest absolute Gasteiger partial charge is 0.269 e. The molecular weight excluding hydrogens is 1660 g/mol. The number of carbonyl (C=O) groups excluding carboxylic acids is 5. The summed E-state index contributed by atoms with van der Waals surface area (Å²) in [5.41, 5.74) is 21.1. The number of methoxy groups -OCH3 is 2. The van der Waals surface area contributed by atoms with E-state index in [0.717, 1.165) is 138 Å². The number of para-hydroxylation sites is 3. The van der Waals surface area contributed by atoms with Crippen molar-refractivity contribution in [1.82, 2.24) is 24.7 Å². The second-order valence-electron chi connectivity index (χ2n) is 34.1. The largest absolute Gasteiger partial charge is 0.508 e. The van der Waals surface area contributed by atoms with Gasteiger partial charge in [-0.05, 0) is 225 Å². The van der Waals surface area contributed by atoms with Gasteiger partial charge in [-0.15, -0.1) is 0 Å². The number of Topliss-reactive ketones (excluding diaryl/α,β-unsaturated/α-hetero) is 2. The number of hydrogen-bond donors (Lipinski definition) is 4. The van der Waals surface area contributed by atoms with Gasteiger partial charge < -0.3 is 33.9 Å². The van der Waals surface area contributed by atoms with Crippen molar-refractivity contribution < 1.29 is 57.9 Å². The average molecular weight is 1760 g/mol. The van der Waals surface area contributed by atoms with E-state index in [0.29, 0.717) is 47.3 Å². The van der Waals surface area contributed by atoms with Crippen molar-refractivity contribution in [1.29, 1.82) is 0 Å². The molecule has 10 aliphatic rings. The average Bonchev–Trinajstić information content (AvgIpc) is 1.58. The highest BCUT2D eigenvalue weighted by Gasteiger charge is 2.56. The molecule has 6 unspecified atom stereocenters. The van der Waals surface area contributed by atoms with Crippen LogP contribution in [-0.4, -0.2) is 144 Å². The second kappa shape index (κ2) is 37.7. The zero-order valence-electron chi connectivity index (χ0n) is 72.5. The summed E-state index contributed by atoms with van der Waals surface area (Å²) in [4.78, 5) is 104. The molecule has 8 saturated heterocycles. The molecule has 1 aromatic heterocycles. The minimum atomic E-state index is -0.444. The fourth-order valence-corrected chi connectivity index (χ4v) is 20.8. The van der Waals surface area contributed by atoms with E-state index < -0.39 is 16.0 Å². The number of hydrazine groups is 2. The summed E-state index contributed by atoms with van der Waals surface area (Å²) in [6, 6.07) is 88.2. The van der Waals surface area contributed by atoms with Crippen LogP contribution in [0.1, 0.15) is 143 Å². The Kier molecular flexibility index (Phi) is 25.0. The minimum Gasteiger partial charge on any atom is -0.508 e. The number of non-ortho nitro benzene ring substituents is 2. The van der Waals surface area contributed by atoms with Crippen LogP contribution >= 0.6 is 0 Å². The predicted molar refractivity (Wildman–Crippen MR) is 498 cm³/mol. The van der Waals surface area contributed by atoms with Crippen LogP contribution in [0.5, 0.6) is 23.0 Å². The standard InChI is InChI=1S/C24H22N4O4.C23H21N3O3.C21H20N2O.C19H19NO2.C17H17N3O4/c1-15-13-17(7-12-22(15)32-2)23-26-20-6-4-3-5-16(20)14-21(26)24(29)27(23)25-18-8-10-19(11-9-18)28(30)31;1-29-21-12-11-16(14-20(21)27)22-25-18-10-6-5-7-15(18)13-19(25)23(28)26(22)24-17-8-3-2-4-9-17;1-2-22-17-12-10-16(11-13-17)20-19(15-7-4-3-5-8-15)21(24)18-9-6-14-23(18)20;21-15-10-8-14(9-11-15)18-17(13-5-2-1-3-6-13)19(22)16-7-4-12-20(16)18;21-17-14-4-1-2-10-18(14)16(15-5-3-11-24-15)19(17)12-6-8-13(9-7-12)20(22)23/h3-13,21,23,25H,14H2,1-2H3;2-12,14,19,22,24,27H,13H2,1H3;3-5,7-8,10-13,18-20H,1,6,9,14H2;1-3,5-6,8-11,16-18,21H,4,7,12H2;3,5-9,11,14,16H,1-2,4,10H2/t21-,23+;19-,22+;18-,19?,20?;16-,17?,18?;/m0000./s1. The molecule has 12 atom stereocenters. The Morgan fingerprint density at radius 3 is 1.40 bits per heavy atom. The molecule has 12 aromatic rings. The number of benzene rings is 11. The molecule has 27 heteroatoms. The van der Waals surface area contributed by atoms with Crippen LogP contribution in [0.25, 0.3) is 0 Å². The van der Waals surface area contributed by atoms with Gasteiger partial charge in [-0.25, -0.2) is 15.0 Å². The number of nitro groups is 2. The lowest BCUT2D eigenvalue weighted by atomic mass is 9.85. The number of aryl methyl sites for hydroxylation is 1. The van der Waals surface area contributed by atoms with E-state index in [1.54, 1.807) is 76.8 Å². The number of piperidine rings is 1. The molecule has 0 bridgehead atoms. The fraction of sp³-hybridized carbons (Fsp3) is 0.260. The van der Waals surface area contributed by atoms with E-state index in [2.05, 4.69) is 101 Å². The van der Waals surface area contributed by atoms with Crippen molar-refractivity contribution in [2.45, 2.75) is 137 Å². The first-order chi connectivity index (χ1) is 63.9. The summed E-state index contributed by atoms with van der Waals surface area (Å²) in [6.45, 7) is 8.30. The zero-order valence-corrected chi connectivity index (χ0v) is 72.5. The van der Waals surface area contributed by atoms with Crippen LogP contribution in [0, 0.1) is 27.2 Å². The van der Waals surface area contributed by atoms with Gasteiger partial charge in [0.1, 0.15) is 35.5 Å². The SMILES string of the molecule is C=C=Nc1ccc(C2C(c3ccccc3)C(=O)[C@@H]3CCCN23)cc1.COc1ccc([C@H]2N(Nc3ccc([N+](=O)[O-])cc3)C(=O)[C@@H]3Cc4ccccc4N32)cc1C.COc1ccc([C@H]2N(Nc3ccccc3)C(=O)[C@@H]3Cc4ccccc4N32)cc1O.O=C1C(c2ccccc2)C(c2ccc(O)cc2)N2CCC[C@@H]12.O=C1C2CCCCN2C(c2ccco2)N1c1ccc([N+](=O)[O-])cc1. The number of ketones is 2. The van der Waals surface area contributed by atoms with Gasteiger partial charge in [0, 0.05) is 78.4 Å². The number of hydrogen-bond acceptors (Lipinski definition) is 22. The molecule has 10 aliphatic heterocycles. The number of nitrogens with one attached hydrogen (secondary N) is 2. The first kappa shape index (κ1) is 86.7. The molecular formula is C104H99N13O14. The zero-order chi connectivity index (χ0) is 90.7. The third-order valence-electron chi connectivity index (χ3n) is 26.6. The van der Waals surface area contributed by atoms with Crippen LogP contribution in [0.4, 0.5) is 45.5 Å². The lowest BCUT2D eigenvalue weighted by molar-refractivity contribution is -0.385. The number of rotatable bonds is 17. The van der Waals surface area contributed by atoms with Crippen molar-refractivity contribution in [3.8, 4) is 23.0 Å². The van der Waals surface area contributed by atoms with Crippen LogP contribution in [0.15, 0.2) is 307 Å². The first-order valence-electron chi connectivity index (χ1n) is 44.3. The third-order valence-corrected chi connectivity index (χ3v) is 26.6. The second-order valence-corrected chi connectivity index (χ2v) is 34.1. The molecule has 3 amide bonds. The van der Waals surface area contributed by atoms with Crippen molar-refractivity contribution in [3.63, 3.8) is 0 Å². The van der Waals surface area contributed by atoms with Crippen LogP contribution in [0.3, 0.4) is 0 Å². The molecule has 0 aliphatic carbocycles. The van der Waals surface area contributed by atoms with Crippen molar-refractivity contribution in [3.05, 3.63) is 374 Å². The van der Waals surface area contributed by atoms with E-state index in [-0.39, 0.29) is 107 Å². The molecule has 27 nitrogen and oxygen atoms in total. The number of carbonyl (C=O) groups is 5. The molecule has 131 heavy (non-hydrogen) atoms. The maximum atomic E-state index is 13.5. The van der Waals surface area contributed by atoms with Crippen LogP contribution in [0.2, 0.25) is 0 Å². The highest BCUT2D eigenvalue weighted by molar-refractivity contribution is 6.01. The number of amides is 3. The van der Waals surface area contributed by atoms with Gasteiger partial charge in [-0.3, -0.25) is 74.7 Å². The van der Waals surface area contributed by atoms with E-state index in [9.17, 15) is 54.4 Å². The summed E-state index contributed by atoms with van der Waals surface area (Å²) in [5, 5.41) is 45.0. The molecule has 0 spiro atoms. The number of ether oxygens (including phenoxy) is 2. The highest BCUT2D eigenvalue weighted by Crippen LogP contribution is 2.53.